The van der Waals surface area contributed by atoms with E-state index in [0.29, 0.717) is 5.76 Å². The van der Waals surface area contributed by atoms with E-state index in [1.807, 2.05) is 31.2 Å². The molecule has 18 heavy (non-hydrogen) atoms. The van der Waals surface area contributed by atoms with E-state index in [9.17, 15) is 4.79 Å². The molecule has 4 heteroatoms. The van der Waals surface area contributed by atoms with Crippen LogP contribution in [-0.2, 0) is 4.79 Å². The number of benzene rings is 1. The molecule has 2 rings (SSSR count). The van der Waals surface area contributed by atoms with Gasteiger partial charge in [-0.15, -0.1) is 0 Å². The van der Waals surface area contributed by atoms with E-state index in [4.69, 9.17) is 16.0 Å². The predicted octanol–water partition coefficient (Wildman–Crippen LogP) is 4.80. The number of carbonyl (C=O) groups is 1. The topological polar surface area (TPSA) is 30.2 Å². The Hall–Kier alpha value is -1.32. The zero-order valence-electron chi connectivity index (χ0n) is 9.61. The second kappa shape index (κ2) is 5.55. The largest absolute Gasteiger partial charge is 0.457 e. The Kier molecular flexibility index (Phi) is 4.04. The molecule has 0 aliphatic carbocycles. The summed E-state index contributed by atoms with van der Waals surface area (Å²) in [5, 5.41) is -0.524. The highest BCUT2D eigenvalue weighted by atomic mass is 79.9. The summed E-state index contributed by atoms with van der Waals surface area (Å²) in [5.41, 5.74) is 2.14. The third-order valence-electron chi connectivity index (χ3n) is 2.40. The Morgan fingerprint density at radius 2 is 2.11 bits per heavy atom. The number of hydrogen-bond acceptors (Lipinski definition) is 2. The molecular formula is C14H10BrClO2. The van der Waals surface area contributed by atoms with E-state index in [1.54, 1.807) is 12.1 Å². The minimum absolute atomic E-state index is 0.524. The third kappa shape index (κ3) is 3.12. The zero-order chi connectivity index (χ0) is 13.1. The lowest BCUT2D eigenvalue weighted by Gasteiger charge is -2.01. The minimum atomic E-state index is -0.524. The molecule has 0 N–H and O–H groups in total. The third-order valence-corrected chi connectivity index (χ3v) is 3.18. The van der Waals surface area contributed by atoms with Crippen molar-refractivity contribution in [2.24, 2.45) is 0 Å². The van der Waals surface area contributed by atoms with Crippen molar-refractivity contribution in [3.05, 3.63) is 52.2 Å². The number of halogens is 2. The Morgan fingerprint density at radius 3 is 2.78 bits per heavy atom. The van der Waals surface area contributed by atoms with Crippen molar-refractivity contribution in [3.8, 4) is 11.3 Å². The Morgan fingerprint density at radius 1 is 1.33 bits per heavy atom. The van der Waals surface area contributed by atoms with Crippen molar-refractivity contribution in [1.29, 1.82) is 0 Å². The molecule has 0 saturated carbocycles. The van der Waals surface area contributed by atoms with Gasteiger partial charge in [0.15, 0.2) is 0 Å². The van der Waals surface area contributed by atoms with E-state index in [0.717, 1.165) is 15.8 Å². The normalized spacial score (nSPS) is 11.1. The fraction of sp³-hybridized carbons (Fsp3) is 0.0714. The molecule has 0 saturated heterocycles. The molecule has 0 aliphatic heterocycles. The first-order chi connectivity index (χ1) is 8.56. The highest BCUT2D eigenvalue weighted by Crippen LogP contribution is 2.30. The fourth-order valence-electron chi connectivity index (χ4n) is 1.55. The smallest absolute Gasteiger partial charge is 0.245 e. The van der Waals surface area contributed by atoms with Gasteiger partial charge in [0.05, 0.1) is 0 Å². The molecule has 92 valence electrons. The lowest BCUT2D eigenvalue weighted by atomic mass is 10.1. The van der Waals surface area contributed by atoms with Gasteiger partial charge in [-0.2, -0.15) is 0 Å². The summed E-state index contributed by atoms with van der Waals surface area (Å²) in [6.45, 7) is 2.02. The summed E-state index contributed by atoms with van der Waals surface area (Å²) in [6, 6.07) is 9.67. The van der Waals surface area contributed by atoms with Crippen molar-refractivity contribution in [2.45, 2.75) is 6.92 Å². The van der Waals surface area contributed by atoms with Crippen molar-refractivity contribution in [3.63, 3.8) is 0 Å². The molecule has 1 heterocycles. The molecule has 0 unspecified atom stereocenters. The Balaban J connectivity index is 2.32. The van der Waals surface area contributed by atoms with Crippen LogP contribution in [0.15, 0.2) is 45.3 Å². The average Bonchev–Trinajstić information content (AvgIpc) is 2.75. The van der Waals surface area contributed by atoms with Crippen LogP contribution >= 0.6 is 27.5 Å². The second-order valence-electron chi connectivity index (χ2n) is 3.82. The van der Waals surface area contributed by atoms with E-state index in [1.165, 1.54) is 11.6 Å². The number of carbonyl (C=O) groups excluding carboxylic acids is 1. The van der Waals surface area contributed by atoms with Crippen LogP contribution < -0.4 is 0 Å². The maximum Gasteiger partial charge on any atom is 0.245 e. The summed E-state index contributed by atoms with van der Waals surface area (Å²) >= 11 is 8.72. The van der Waals surface area contributed by atoms with Gasteiger partial charge in [-0.1, -0.05) is 22.0 Å². The highest BCUT2D eigenvalue weighted by Gasteiger charge is 2.07. The van der Waals surface area contributed by atoms with E-state index >= 15 is 0 Å². The summed E-state index contributed by atoms with van der Waals surface area (Å²) in [4.78, 5) is 10.6. The Bertz CT molecular complexity index is 614. The monoisotopic (exact) mass is 324 g/mol. The molecule has 0 amide bonds. The lowest BCUT2D eigenvalue weighted by Crippen LogP contribution is -1.78. The van der Waals surface area contributed by atoms with Crippen LogP contribution in [0.2, 0.25) is 0 Å². The molecule has 0 bridgehead atoms. The van der Waals surface area contributed by atoms with Crippen LogP contribution in [0.4, 0.5) is 0 Å². The lowest BCUT2D eigenvalue weighted by molar-refractivity contribution is -0.107. The zero-order valence-corrected chi connectivity index (χ0v) is 12.0. The summed E-state index contributed by atoms with van der Waals surface area (Å²) in [6.07, 6.45) is 2.80. The number of hydrogen-bond donors (Lipinski definition) is 0. The molecular weight excluding hydrogens is 316 g/mol. The van der Waals surface area contributed by atoms with Gasteiger partial charge in [0, 0.05) is 16.1 Å². The van der Waals surface area contributed by atoms with Gasteiger partial charge in [0.25, 0.3) is 0 Å². The average molecular weight is 326 g/mol. The van der Waals surface area contributed by atoms with Crippen LogP contribution in [0.3, 0.4) is 0 Å². The SMILES string of the molecule is Cc1ccc(-c2ccc(/C=C/C(=O)Cl)o2)c(Br)c1. The highest BCUT2D eigenvalue weighted by molar-refractivity contribution is 9.10. The summed E-state index contributed by atoms with van der Waals surface area (Å²) < 4.78 is 6.59. The molecule has 2 nitrogen and oxygen atoms in total. The molecule has 0 spiro atoms. The van der Waals surface area contributed by atoms with Crippen LogP contribution in [0.25, 0.3) is 17.4 Å². The number of rotatable bonds is 3. The summed E-state index contributed by atoms with van der Waals surface area (Å²) in [5.74, 6) is 1.33. The first-order valence-corrected chi connectivity index (χ1v) is 6.47. The van der Waals surface area contributed by atoms with E-state index in [-0.39, 0.29) is 0 Å². The molecule has 0 fully saturated rings. The van der Waals surface area contributed by atoms with Gasteiger partial charge in [0.1, 0.15) is 11.5 Å². The van der Waals surface area contributed by atoms with Gasteiger partial charge in [0.2, 0.25) is 5.24 Å². The minimum Gasteiger partial charge on any atom is -0.457 e. The van der Waals surface area contributed by atoms with Crippen molar-refractivity contribution < 1.29 is 9.21 Å². The van der Waals surface area contributed by atoms with Crippen molar-refractivity contribution in [2.75, 3.05) is 0 Å². The Labute approximate surface area is 118 Å². The molecule has 2 aromatic rings. The van der Waals surface area contributed by atoms with Gasteiger partial charge in [-0.3, -0.25) is 4.79 Å². The first-order valence-electron chi connectivity index (χ1n) is 5.30. The fourth-order valence-corrected chi connectivity index (χ4v) is 2.31. The number of furan rings is 1. The molecule has 0 radical (unpaired) electrons. The number of allylic oxidation sites excluding steroid dienone is 1. The van der Waals surface area contributed by atoms with Crippen molar-refractivity contribution in [1.82, 2.24) is 0 Å². The number of aryl methyl sites for hydroxylation is 1. The maximum absolute atomic E-state index is 10.6. The first kappa shape index (κ1) is 13.1. The maximum atomic E-state index is 10.6. The standard InChI is InChI=1S/C14H10BrClO2/c1-9-2-5-11(12(15)8-9)13-6-3-10(18-13)4-7-14(16)17/h2-8H,1H3/b7-4+. The van der Waals surface area contributed by atoms with Crippen molar-refractivity contribution >= 4 is 38.8 Å². The molecule has 1 aromatic carbocycles. The molecule has 0 aliphatic rings. The van der Waals surface area contributed by atoms with Crippen LogP contribution in [0, 0.1) is 6.92 Å². The molecule has 0 atom stereocenters. The second-order valence-corrected chi connectivity index (χ2v) is 5.05. The van der Waals surface area contributed by atoms with E-state index in [2.05, 4.69) is 15.9 Å². The van der Waals surface area contributed by atoms with Crippen LogP contribution in [-0.4, -0.2) is 5.24 Å². The van der Waals surface area contributed by atoms with Gasteiger partial charge in [-0.25, -0.2) is 0 Å². The predicted molar refractivity (Wildman–Crippen MR) is 76.5 cm³/mol. The molecule has 1 aromatic heterocycles. The van der Waals surface area contributed by atoms with Crippen LogP contribution in [0.1, 0.15) is 11.3 Å². The van der Waals surface area contributed by atoms with Crippen LogP contribution in [0.5, 0.6) is 0 Å². The summed E-state index contributed by atoms with van der Waals surface area (Å²) in [7, 11) is 0. The van der Waals surface area contributed by atoms with Gasteiger partial charge in [-0.05, 0) is 54.4 Å². The quantitative estimate of drug-likeness (QED) is 0.599. The van der Waals surface area contributed by atoms with Gasteiger partial charge < -0.3 is 4.42 Å². The van der Waals surface area contributed by atoms with Gasteiger partial charge >= 0.3 is 0 Å². The van der Waals surface area contributed by atoms with E-state index < -0.39 is 5.24 Å².